The Hall–Kier alpha value is -2.65. The lowest BCUT2D eigenvalue weighted by Gasteiger charge is -2.16. The van der Waals surface area contributed by atoms with E-state index in [9.17, 15) is 10.2 Å². The quantitative estimate of drug-likeness (QED) is 0.329. The van der Waals surface area contributed by atoms with Crippen molar-refractivity contribution in [2.24, 2.45) is 0 Å². The number of anilines is 1. The number of nitrogens with one attached hydrogen (secondary N) is 2. The summed E-state index contributed by atoms with van der Waals surface area (Å²) in [6, 6.07) is 13.8. The molecule has 1 aliphatic rings. The minimum absolute atomic E-state index is 0.261. The highest BCUT2D eigenvalue weighted by molar-refractivity contribution is 7.99. The predicted molar refractivity (Wildman–Crippen MR) is 115 cm³/mol. The summed E-state index contributed by atoms with van der Waals surface area (Å²) in [5.74, 6) is 0.986. The van der Waals surface area contributed by atoms with Crippen LogP contribution < -0.4 is 11.1 Å². The molecule has 1 fully saturated rings. The number of H-pyrrole nitrogens is 1. The average molecular weight is 407 g/mol. The molecule has 0 amide bonds. The van der Waals surface area contributed by atoms with Gasteiger partial charge in [0.15, 0.2) is 5.82 Å². The van der Waals surface area contributed by atoms with Crippen LogP contribution in [0.15, 0.2) is 59.9 Å². The van der Waals surface area contributed by atoms with Crippen molar-refractivity contribution in [1.29, 1.82) is 0 Å². The third-order valence-corrected chi connectivity index (χ3v) is 6.72. The van der Waals surface area contributed by atoms with Crippen molar-refractivity contribution in [2.75, 3.05) is 11.5 Å². The van der Waals surface area contributed by atoms with Crippen molar-refractivity contribution in [2.45, 2.75) is 29.2 Å². The van der Waals surface area contributed by atoms with Crippen LogP contribution in [0.2, 0.25) is 0 Å². The molecular weight excluding hydrogens is 386 g/mol. The molecule has 2 aromatic heterocycles. The standard InChI is InChI=1S/C21H21N5O2S/c22-21-18-16(24-10-25-21)13(8-23-18)17-20(28)19(27)14(26-17)9-29-15-7-3-5-11-4-1-2-6-12(11)15/h1-8,10,14,17,19-20,23,26-28H,9H2,(H2,22,24,25)/t14-,17+,19+,20?/m1/s1. The zero-order valence-corrected chi connectivity index (χ0v) is 16.3. The maximum Gasteiger partial charge on any atom is 0.151 e. The summed E-state index contributed by atoms with van der Waals surface area (Å²) in [5.41, 5.74) is 7.97. The van der Waals surface area contributed by atoms with Crippen LogP contribution in [0.25, 0.3) is 21.8 Å². The van der Waals surface area contributed by atoms with Gasteiger partial charge < -0.3 is 26.2 Å². The van der Waals surface area contributed by atoms with E-state index in [4.69, 9.17) is 5.73 Å². The summed E-state index contributed by atoms with van der Waals surface area (Å²) < 4.78 is 0. The Labute approximate surface area is 171 Å². The van der Waals surface area contributed by atoms with Crippen LogP contribution in [0.5, 0.6) is 0 Å². The molecule has 0 spiro atoms. The van der Waals surface area contributed by atoms with Gasteiger partial charge >= 0.3 is 0 Å². The monoisotopic (exact) mass is 407 g/mol. The second-order valence-electron chi connectivity index (χ2n) is 7.25. The first-order valence-corrected chi connectivity index (χ1v) is 10.4. The fourth-order valence-electron chi connectivity index (χ4n) is 4.00. The molecule has 0 radical (unpaired) electrons. The van der Waals surface area contributed by atoms with Crippen LogP contribution >= 0.6 is 11.8 Å². The van der Waals surface area contributed by atoms with E-state index in [1.807, 2.05) is 18.2 Å². The van der Waals surface area contributed by atoms with Crippen molar-refractivity contribution in [3.63, 3.8) is 0 Å². The van der Waals surface area contributed by atoms with Gasteiger partial charge in [0.05, 0.1) is 17.7 Å². The molecule has 0 saturated carbocycles. The van der Waals surface area contributed by atoms with E-state index in [0.29, 0.717) is 22.6 Å². The number of rotatable bonds is 4. The van der Waals surface area contributed by atoms with Gasteiger partial charge in [-0.2, -0.15) is 0 Å². The first kappa shape index (κ1) is 18.4. The molecule has 1 saturated heterocycles. The number of aliphatic hydroxyl groups is 2. The van der Waals surface area contributed by atoms with Crippen molar-refractivity contribution in [1.82, 2.24) is 20.3 Å². The zero-order valence-electron chi connectivity index (χ0n) is 15.5. The fourth-order valence-corrected chi connectivity index (χ4v) is 5.17. The number of nitrogens with zero attached hydrogens (tertiary/aromatic N) is 2. The van der Waals surface area contributed by atoms with Crippen LogP contribution in [0.4, 0.5) is 5.82 Å². The van der Waals surface area contributed by atoms with E-state index < -0.39 is 18.2 Å². The number of nitrogen functional groups attached to an aromatic ring is 1. The second-order valence-corrected chi connectivity index (χ2v) is 8.31. The van der Waals surface area contributed by atoms with E-state index in [2.05, 4.69) is 44.5 Å². The lowest BCUT2D eigenvalue weighted by molar-refractivity contribution is 0.0308. The maximum absolute atomic E-state index is 10.7. The largest absolute Gasteiger partial charge is 0.389 e. The molecular formula is C21H21N5O2S. The highest BCUT2D eigenvalue weighted by atomic mass is 32.2. The van der Waals surface area contributed by atoms with E-state index in [-0.39, 0.29) is 6.04 Å². The van der Waals surface area contributed by atoms with Crippen molar-refractivity contribution in [3.8, 4) is 0 Å². The van der Waals surface area contributed by atoms with Gasteiger partial charge in [-0.25, -0.2) is 9.97 Å². The number of aromatic nitrogens is 3. The molecule has 7 nitrogen and oxygen atoms in total. The van der Waals surface area contributed by atoms with E-state index in [0.717, 1.165) is 10.5 Å². The lowest BCUT2D eigenvalue weighted by atomic mass is 10.0. The summed E-state index contributed by atoms with van der Waals surface area (Å²) >= 11 is 1.67. The number of thioether (sulfide) groups is 1. The summed E-state index contributed by atoms with van der Waals surface area (Å²) in [7, 11) is 0. The second kappa shape index (κ2) is 7.31. The Balaban J connectivity index is 1.38. The number of aliphatic hydroxyl groups excluding tert-OH is 2. The molecule has 148 valence electrons. The van der Waals surface area contributed by atoms with Gasteiger partial charge in [0, 0.05) is 28.5 Å². The van der Waals surface area contributed by atoms with Crippen molar-refractivity contribution in [3.05, 3.63) is 60.6 Å². The van der Waals surface area contributed by atoms with Crippen LogP contribution in [0, 0.1) is 0 Å². The number of hydrogen-bond donors (Lipinski definition) is 5. The van der Waals surface area contributed by atoms with Gasteiger partial charge in [0.2, 0.25) is 0 Å². The minimum atomic E-state index is -0.941. The number of aromatic amines is 1. The molecule has 8 heteroatoms. The van der Waals surface area contributed by atoms with E-state index >= 15 is 0 Å². The Kier molecular flexibility index (Phi) is 4.63. The molecule has 29 heavy (non-hydrogen) atoms. The summed E-state index contributed by atoms with van der Waals surface area (Å²) in [4.78, 5) is 12.5. The molecule has 1 unspecified atom stereocenters. The van der Waals surface area contributed by atoms with Crippen LogP contribution in [0.3, 0.4) is 0 Å². The Bertz CT molecular complexity index is 1170. The number of benzene rings is 2. The number of hydrogen-bond acceptors (Lipinski definition) is 7. The van der Waals surface area contributed by atoms with Gasteiger partial charge in [0.25, 0.3) is 0 Å². The Morgan fingerprint density at radius 3 is 2.76 bits per heavy atom. The lowest BCUT2D eigenvalue weighted by Crippen LogP contribution is -2.35. The van der Waals surface area contributed by atoms with Crippen LogP contribution in [0.1, 0.15) is 11.6 Å². The van der Waals surface area contributed by atoms with Crippen molar-refractivity contribution < 1.29 is 10.2 Å². The third kappa shape index (κ3) is 3.14. The molecule has 1 aliphatic heterocycles. The fraction of sp³-hybridized carbons (Fsp3) is 0.238. The topological polar surface area (TPSA) is 120 Å². The molecule has 0 aliphatic carbocycles. The summed E-state index contributed by atoms with van der Waals surface area (Å²) in [5, 5.41) is 27.1. The Morgan fingerprint density at radius 2 is 1.86 bits per heavy atom. The Morgan fingerprint density at radius 1 is 1.03 bits per heavy atom. The number of fused-ring (bicyclic) bond motifs is 2. The molecule has 4 aromatic rings. The average Bonchev–Trinajstić information content (AvgIpc) is 3.29. The smallest absolute Gasteiger partial charge is 0.151 e. The minimum Gasteiger partial charge on any atom is -0.389 e. The molecule has 5 rings (SSSR count). The van der Waals surface area contributed by atoms with Gasteiger partial charge in [-0.05, 0) is 16.8 Å². The molecule has 0 bridgehead atoms. The summed E-state index contributed by atoms with van der Waals surface area (Å²) in [6.07, 6.45) is 1.35. The highest BCUT2D eigenvalue weighted by Gasteiger charge is 2.42. The van der Waals surface area contributed by atoms with Gasteiger partial charge in [-0.1, -0.05) is 36.4 Å². The van der Waals surface area contributed by atoms with Gasteiger partial charge in [0.1, 0.15) is 17.9 Å². The van der Waals surface area contributed by atoms with Crippen LogP contribution in [-0.2, 0) is 0 Å². The van der Waals surface area contributed by atoms with Gasteiger partial charge in [-0.15, -0.1) is 11.8 Å². The normalized spacial score (nSPS) is 24.5. The van der Waals surface area contributed by atoms with Crippen molar-refractivity contribution >= 4 is 39.4 Å². The maximum atomic E-state index is 10.7. The molecule has 4 atom stereocenters. The van der Waals surface area contributed by atoms with E-state index in [1.165, 1.54) is 17.1 Å². The molecule has 6 N–H and O–H groups in total. The SMILES string of the molecule is Nc1ncnc2c([C@@H]3N[C@H](CSc4cccc5ccccc45)[C@H](O)C3O)c[nH]c12. The first-order valence-electron chi connectivity index (χ1n) is 9.43. The third-order valence-electron chi connectivity index (χ3n) is 5.52. The van der Waals surface area contributed by atoms with Crippen LogP contribution in [-0.4, -0.2) is 49.2 Å². The first-order chi connectivity index (χ1) is 14.1. The van der Waals surface area contributed by atoms with E-state index in [1.54, 1.807) is 18.0 Å². The predicted octanol–water partition coefficient (Wildman–Crippen LogP) is 2.22. The summed E-state index contributed by atoms with van der Waals surface area (Å²) in [6.45, 7) is 0. The number of nitrogens with two attached hydrogens (primary N) is 1. The molecule has 3 heterocycles. The highest BCUT2D eigenvalue weighted by Crippen LogP contribution is 2.35. The van der Waals surface area contributed by atoms with Gasteiger partial charge in [-0.3, -0.25) is 0 Å². The zero-order chi connectivity index (χ0) is 20.0. The molecule has 2 aromatic carbocycles.